The zero-order chi connectivity index (χ0) is 23.3. The Kier molecular flexibility index (Phi) is 8.31. The minimum atomic E-state index is -4.18. The monoisotopic (exact) mass is 488 g/mol. The van der Waals surface area contributed by atoms with E-state index in [0.29, 0.717) is 36.3 Å². The maximum atomic E-state index is 12.3. The van der Waals surface area contributed by atoms with E-state index in [2.05, 4.69) is 4.90 Å². The molecule has 0 aliphatic carbocycles. The van der Waals surface area contributed by atoms with Crippen molar-refractivity contribution in [3.63, 3.8) is 0 Å². The molecule has 0 atom stereocenters. The zero-order valence-electron chi connectivity index (χ0n) is 17.7. The molecule has 174 valence electrons. The molecular weight excluding hydrogens is 464 g/mol. The highest BCUT2D eigenvalue weighted by atomic mass is 35.5. The third-order valence-electron chi connectivity index (χ3n) is 5.36. The molecule has 2 aromatic carbocycles. The summed E-state index contributed by atoms with van der Waals surface area (Å²) in [5, 5.41) is 0.991. The molecule has 0 spiro atoms. The maximum Gasteiger partial charge on any atom is 0.389 e. The summed E-state index contributed by atoms with van der Waals surface area (Å²) in [6.45, 7) is 2.42. The predicted octanol–water partition coefficient (Wildman–Crippen LogP) is 5.81. The van der Waals surface area contributed by atoms with Crippen molar-refractivity contribution in [1.29, 1.82) is 0 Å². The van der Waals surface area contributed by atoms with Crippen LogP contribution < -0.4 is 4.74 Å². The van der Waals surface area contributed by atoms with Gasteiger partial charge in [0.05, 0.1) is 16.0 Å². The Hall–Kier alpha value is -1.96. The van der Waals surface area contributed by atoms with Gasteiger partial charge in [0, 0.05) is 39.6 Å². The topological polar surface area (TPSA) is 32.8 Å². The predicted molar refractivity (Wildman–Crippen MR) is 119 cm³/mol. The summed E-state index contributed by atoms with van der Waals surface area (Å²) in [6.07, 6.45) is -5.11. The number of amides is 1. The number of carbonyl (C=O) groups is 1. The first-order valence-corrected chi connectivity index (χ1v) is 11.1. The lowest BCUT2D eigenvalue weighted by molar-refractivity contribution is -0.144. The molecule has 32 heavy (non-hydrogen) atoms. The van der Waals surface area contributed by atoms with Gasteiger partial charge in [0.2, 0.25) is 5.91 Å². The molecule has 1 fully saturated rings. The molecule has 1 amide bonds. The average Bonchev–Trinajstić information content (AvgIpc) is 2.70. The number of ether oxygens (including phenoxy) is 1. The van der Waals surface area contributed by atoms with Gasteiger partial charge in [-0.1, -0.05) is 41.4 Å². The minimum Gasteiger partial charge on any atom is -0.489 e. The van der Waals surface area contributed by atoms with E-state index in [0.717, 1.165) is 16.9 Å². The Morgan fingerprint density at radius 3 is 2.38 bits per heavy atom. The highest BCUT2D eigenvalue weighted by Gasteiger charge is 2.34. The van der Waals surface area contributed by atoms with Crippen LogP contribution in [0.25, 0.3) is 0 Å². The largest absolute Gasteiger partial charge is 0.489 e. The lowest BCUT2D eigenvalue weighted by atomic mass is 9.97. The first-order valence-electron chi connectivity index (χ1n) is 10.3. The van der Waals surface area contributed by atoms with E-state index in [-0.39, 0.29) is 24.8 Å². The zero-order valence-corrected chi connectivity index (χ0v) is 19.2. The molecule has 4 nitrogen and oxygen atoms in total. The molecule has 0 aromatic heterocycles. The van der Waals surface area contributed by atoms with Crippen molar-refractivity contribution >= 4 is 29.1 Å². The number of halogens is 5. The lowest BCUT2D eigenvalue weighted by Gasteiger charge is -2.40. The van der Waals surface area contributed by atoms with Crippen LogP contribution in [-0.2, 0) is 17.9 Å². The maximum absolute atomic E-state index is 12.3. The molecule has 0 N–H and O–H groups in total. The molecule has 0 bridgehead atoms. The van der Waals surface area contributed by atoms with E-state index in [4.69, 9.17) is 27.9 Å². The molecule has 0 radical (unpaired) electrons. The number of likely N-dealkylation sites (tertiary alicyclic amines) is 1. The number of hydrogen-bond donors (Lipinski definition) is 0. The summed E-state index contributed by atoms with van der Waals surface area (Å²) in [5.41, 5.74) is 2.01. The van der Waals surface area contributed by atoms with Crippen molar-refractivity contribution in [2.45, 2.75) is 32.2 Å². The van der Waals surface area contributed by atoms with E-state index >= 15 is 0 Å². The van der Waals surface area contributed by atoms with Gasteiger partial charge in [-0.05, 0) is 41.8 Å². The van der Waals surface area contributed by atoms with Gasteiger partial charge in [-0.3, -0.25) is 9.69 Å². The third kappa shape index (κ3) is 7.29. The number of alkyl halides is 3. The van der Waals surface area contributed by atoms with Gasteiger partial charge >= 0.3 is 6.18 Å². The van der Waals surface area contributed by atoms with Gasteiger partial charge in [0.15, 0.2) is 0 Å². The SMILES string of the molecule is CN(CCCC(F)(F)F)C(=O)C1CN(Cc2ccc(OCc3ccc(Cl)c(Cl)c3)cc2)C1. The van der Waals surface area contributed by atoms with Crippen molar-refractivity contribution in [2.24, 2.45) is 5.92 Å². The number of benzene rings is 2. The highest BCUT2D eigenvalue weighted by Crippen LogP contribution is 2.25. The number of hydrogen-bond acceptors (Lipinski definition) is 3. The fraction of sp³-hybridized carbons (Fsp3) is 0.435. The Bertz CT molecular complexity index is 916. The molecule has 0 unspecified atom stereocenters. The summed E-state index contributed by atoms with van der Waals surface area (Å²) >= 11 is 11.9. The third-order valence-corrected chi connectivity index (χ3v) is 6.09. The van der Waals surface area contributed by atoms with Crippen molar-refractivity contribution in [3.8, 4) is 5.75 Å². The standard InChI is InChI=1S/C23H25Cl2F3N2O2/c1-29(10-2-9-23(26,27)28)22(31)18-13-30(14-18)12-16-3-6-19(7-4-16)32-15-17-5-8-20(24)21(25)11-17/h3-8,11,18H,2,9-10,12-15H2,1H3. The van der Waals surface area contributed by atoms with Gasteiger partial charge in [0.25, 0.3) is 0 Å². The summed E-state index contributed by atoms with van der Waals surface area (Å²) in [5.74, 6) is 0.492. The first kappa shape index (κ1) is 24.7. The van der Waals surface area contributed by atoms with Gasteiger partial charge < -0.3 is 9.64 Å². The van der Waals surface area contributed by atoms with Crippen LogP contribution in [0.2, 0.25) is 10.0 Å². The first-order chi connectivity index (χ1) is 15.1. The van der Waals surface area contributed by atoms with Gasteiger partial charge in [-0.15, -0.1) is 0 Å². The van der Waals surface area contributed by atoms with Crippen LogP contribution >= 0.6 is 23.2 Å². The molecular formula is C23H25Cl2F3N2O2. The molecule has 1 heterocycles. The second-order valence-corrected chi connectivity index (χ2v) is 8.87. The van der Waals surface area contributed by atoms with Gasteiger partial charge in [-0.25, -0.2) is 0 Å². The van der Waals surface area contributed by atoms with Crippen molar-refractivity contribution < 1.29 is 22.7 Å². The lowest BCUT2D eigenvalue weighted by Crippen LogP contribution is -2.53. The summed E-state index contributed by atoms with van der Waals surface area (Å²) in [4.78, 5) is 15.9. The smallest absolute Gasteiger partial charge is 0.389 e. The molecule has 9 heteroatoms. The normalized spacial score (nSPS) is 14.8. The van der Waals surface area contributed by atoms with Crippen LogP contribution in [0, 0.1) is 5.92 Å². The van der Waals surface area contributed by atoms with Gasteiger partial charge in [0.1, 0.15) is 12.4 Å². The van der Waals surface area contributed by atoms with Crippen LogP contribution in [-0.4, -0.2) is 48.6 Å². The molecule has 1 aliphatic rings. The van der Waals surface area contributed by atoms with E-state index < -0.39 is 12.6 Å². The van der Waals surface area contributed by atoms with E-state index in [1.165, 1.54) is 4.90 Å². The second-order valence-electron chi connectivity index (χ2n) is 8.05. The summed E-state index contributed by atoms with van der Waals surface area (Å²) in [7, 11) is 1.57. The second kappa shape index (κ2) is 10.8. The van der Waals surface area contributed by atoms with Crippen LogP contribution in [0.15, 0.2) is 42.5 Å². The van der Waals surface area contributed by atoms with Crippen molar-refractivity contribution in [3.05, 3.63) is 63.6 Å². The van der Waals surface area contributed by atoms with E-state index in [1.54, 1.807) is 19.2 Å². The van der Waals surface area contributed by atoms with Gasteiger partial charge in [-0.2, -0.15) is 13.2 Å². The summed E-state index contributed by atoms with van der Waals surface area (Å²) < 4.78 is 42.5. The molecule has 2 aromatic rings. The van der Waals surface area contributed by atoms with Crippen molar-refractivity contribution in [1.82, 2.24) is 9.80 Å². The van der Waals surface area contributed by atoms with Crippen LogP contribution in [0.4, 0.5) is 13.2 Å². The van der Waals surface area contributed by atoms with E-state index in [9.17, 15) is 18.0 Å². The van der Waals surface area contributed by atoms with Crippen LogP contribution in [0.1, 0.15) is 24.0 Å². The molecule has 3 rings (SSSR count). The molecule has 1 aliphatic heterocycles. The minimum absolute atomic E-state index is 0.0678. The quantitative estimate of drug-likeness (QED) is 0.446. The molecule has 1 saturated heterocycles. The Balaban J connectivity index is 1.38. The average molecular weight is 489 g/mol. The Morgan fingerprint density at radius 2 is 1.75 bits per heavy atom. The fourth-order valence-corrected chi connectivity index (χ4v) is 3.86. The Morgan fingerprint density at radius 1 is 1.09 bits per heavy atom. The number of carbonyl (C=O) groups excluding carboxylic acids is 1. The number of nitrogens with zero attached hydrogens (tertiary/aromatic N) is 2. The highest BCUT2D eigenvalue weighted by molar-refractivity contribution is 6.42. The van der Waals surface area contributed by atoms with Crippen LogP contribution in [0.3, 0.4) is 0 Å². The number of rotatable bonds is 9. The fourth-order valence-electron chi connectivity index (χ4n) is 3.54. The Labute approximate surface area is 195 Å². The van der Waals surface area contributed by atoms with Crippen LogP contribution in [0.5, 0.6) is 5.75 Å². The molecule has 0 saturated carbocycles. The van der Waals surface area contributed by atoms with E-state index in [1.807, 2.05) is 30.3 Å². The summed E-state index contributed by atoms with van der Waals surface area (Å²) in [6, 6.07) is 13.1. The van der Waals surface area contributed by atoms with Crippen molar-refractivity contribution in [2.75, 3.05) is 26.7 Å².